The molecule has 0 saturated carbocycles. The molecule has 0 saturated heterocycles. The summed E-state index contributed by atoms with van der Waals surface area (Å²) in [5.41, 5.74) is 18.0. The van der Waals surface area contributed by atoms with Gasteiger partial charge in [-0.1, -0.05) is 18.2 Å². The van der Waals surface area contributed by atoms with Crippen molar-refractivity contribution in [2.24, 2.45) is 17.2 Å². The second-order valence-electron chi connectivity index (χ2n) is 5.68. The Labute approximate surface area is 150 Å². The van der Waals surface area contributed by atoms with Gasteiger partial charge in [-0.05, 0) is 35.9 Å². The van der Waals surface area contributed by atoms with E-state index in [2.05, 4.69) is 0 Å². The number of nitrogens with two attached hydrogens (primary N) is 3. The molecule has 2 aromatic carbocycles. The summed E-state index contributed by atoms with van der Waals surface area (Å²) in [6.07, 6.45) is 0. The molecule has 8 N–H and O–H groups in total. The van der Waals surface area contributed by atoms with Crippen molar-refractivity contribution < 1.29 is 19.4 Å². The number of ether oxygens (including phenoxy) is 1. The maximum absolute atomic E-state index is 12.3. The minimum absolute atomic E-state index is 0.0290. The second kappa shape index (κ2) is 8.24. The number of hydrogen-bond donors (Lipinski definition) is 5. The number of carboxylic acids is 1. The predicted octanol–water partition coefficient (Wildman–Crippen LogP) is 0.472. The van der Waals surface area contributed by atoms with E-state index in [4.69, 9.17) is 32.5 Å². The number of carboxylic acid groups (broad SMARTS) is 1. The van der Waals surface area contributed by atoms with Crippen LogP contribution in [-0.2, 0) is 11.4 Å². The zero-order valence-corrected chi connectivity index (χ0v) is 13.9. The van der Waals surface area contributed by atoms with E-state index in [0.717, 1.165) is 0 Å². The number of carbonyl (C=O) groups is 2. The lowest BCUT2D eigenvalue weighted by atomic mass is 9.98. The fourth-order valence-corrected chi connectivity index (χ4v) is 2.22. The van der Waals surface area contributed by atoms with E-state index in [1.54, 1.807) is 48.5 Å². The average molecular weight is 356 g/mol. The summed E-state index contributed by atoms with van der Waals surface area (Å²) in [5.74, 6) is -1.33. The zero-order chi connectivity index (χ0) is 19.3. The average Bonchev–Trinajstić information content (AvgIpc) is 2.65. The molecule has 0 fully saturated rings. The van der Waals surface area contributed by atoms with Gasteiger partial charge in [0, 0.05) is 11.1 Å². The van der Waals surface area contributed by atoms with E-state index in [0.29, 0.717) is 16.9 Å². The van der Waals surface area contributed by atoms with Gasteiger partial charge in [0.2, 0.25) is 0 Å². The van der Waals surface area contributed by atoms with Gasteiger partial charge in [-0.2, -0.15) is 0 Å². The van der Waals surface area contributed by atoms with Gasteiger partial charge in [-0.15, -0.1) is 0 Å². The molecule has 0 amide bonds. The quantitative estimate of drug-likeness (QED) is 0.260. The number of nitrogens with one attached hydrogen (secondary N) is 1. The first-order chi connectivity index (χ1) is 12.3. The molecule has 0 aliphatic carbocycles. The SMILES string of the molecule is N=C(N)c1ccc(OCc2cccc(C(=O)C(N)C(N)C(=O)O)c2)cc1. The number of Topliss-reactive ketones (excluding diaryl/α,β-unsaturated/α-hetero) is 1. The number of benzene rings is 2. The first kappa shape index (κ1) is 19.1. The molecular weight excluding hydrogens is 336 g/mol. The second-order valence-corrected chi connectivity index (χ2v) is 5.68. The number of carbonyl (C=O) groups excluding carboxylic acids is 1. The largest absolute Gasteiger partial charge is 0.489 e. The highest BCUT2D eigenvalue weighted by Gasteiger charge is 2.27. The molecule has 8 heteroatoms. The first-order valence-electron chi connectivity index (χ1n) is 7.74. The van der Waals surface area contributed by atoms with Gasteiger partial charge in [0.15, 0.2) is 5.78 Å². The molecule has 0 aliphatic rings. The van der Waals surface area contributed by atoms with E-state index in [1.807, 2.05) is 0 Å². The Morgan fingerprint density at radius 3 is 2.27 bits per heavy atom. The molecule has 0 aromatic heterocycles. The summed E-state index contributed by atoms with van der Waals surface area (Å²) in [4.78, 5) is 23.1. The van der Waals surface area contributed by atoms with Crippen LogP contribution in [0, 0.1) is 5.41 Å². The molecule has 0 heterocycles. The van der Waals surface area contributed by atoms with Crippen LogP contribution in [0.2, 0.25) is 0 Å². The molecule has 0 bridgehead atoms. The van der Waals surface area contributed by atoms with E-state index >= 15 is 0 Å². The van der Waals surface area contributed by atoms with Crippen LogP contribution in [-0.4, -0.2) is 34.8 Å². The molecule has 136 valence electrons. The number of ketones is 1. The molecule has 0 spiro atoms. The Morgan fingerprint density at radius 2 is 1.69 bits per heavy atom. The third kappa shape index (κ3) is 4.65. The summed E-state index contributed by atoms with van der Waals surface area (Å²) in [7, 11) is 0. The normalized spacial score (nSPS) is 12.8. The third-order valence-corrected chi connectivity index (χ3v) is 3.76. The van der Waals surface area contributed by atoms with Crippen LogP contribution in [0.25, 0.3) is 0 Å². The summed E-state index contributed by atoms with van der Waals surface area (Å²) in [6.45, 7) is 0.195. The van der Waals surface area contributed by atoms with Gasteiger partial charge >= 0.3 is 5.97 Å². The summed E-state index contributed by atoms with van der Waals surface area (Å²) >= 11 is 0. The third-order valence-electron chi connectivity index (χ3n) is 3.76. The van der Waals surface area contributed by atoms with Gasteiger partial charge in [-0.3, -0.25) is 15.0 Å². The first-order valence-corrected chi connectivity index (χ1v) is 7.74. The van der Waals surface area contributed by atoms with Gasteiger partial charge in [0.1, 0.15) is 24.2 Å². The molecule has 8 nitrogen and oxygen atoms in total. The number of amidine groups is 1. The van der Waals surface area contributed by atoms with Crippen molar-refractivity contribution in [1.29, 1.82) is 5.41 Å². The molecule has 26 heavy (non-hydrogen) atoms. The number of nitrogen functional groups attached to an aromatic ring is 1. The molecular formula is C18H20N4O4. The van der Waals surface area contributed by atoms with E-state index in [9.17, 15) is 9.59 Å². The maximum atomic E-state index is 12.3. The van der Waals surface area contributed by atoms with Crippen LogP contribution in [0.3, 0.4) is 0 Å². The number of hydrogen-bond acceptors (Lipinski definition) is 6. The van der Waals surface area contributed by atoms with Crippen LogP contribution in [0.15, 0.2) is 48.5 Å². The van der Waals surface area contributed by atoms with E-state index in [1.165, 1.54) is 0 Å². The monoisotopic (exact) mass is 356 g/mol. The van der Waals surface area contributed by atoms with Crippen LogP contribution >= 0.6 is 0 Å². The number of rotatable bonds is 8. The topological polar surface area (TPSA) is 166 Å². The lowest BCUT2D eigenvalue weighted by Crippen LogP contribution is -2.51. The van der Waals surface area contributed by atoms with Crippen LogP contribution in [0.4, 0.5) is 0 Å². The highest BCUT2D eigenvalue weighted by molar-refractivity contribution is 6.03. The Kier molecular flexibility index (Phi) is 6.05. The fourth-order valence-electron chi connectivity index (χ4n) is 2.22. The highest BCUT2D eigenvalue weighted by Crippen LogP contribution is 2.15. The minimum Gasteiger partial charge on any atom is -0.489 e. The van der Waals surface area contributed by atoms with Crippen molar-refractivity contribution in [2.75, 3.05) is 0 Å². The van der Waals surface area contributed by atoms with Crippen LogP contribution in [0.5, 0.6) is 5.75 Å². The van der Waals surface area contributed by atoms with Gasteiger partial charge in [0.05, 0.1) is 6.04 Å². The van der Waals surface area contributed by atoms with E-state index in [-0.39, 0.29) is 18.0 Å². The van der Waals surface area contributed by atoms with Crippen molar-refractivity contribution in [3.63, 3.8) is 0 Å². The van der Waals surface area contributed by atoms with Crippen LogP contribution < -0.4 is 21.9 Å². The van der Waals surface area contributed by atoms with Crippen molar-refractivity contribution >= 4 is 17.6 Å². The lowest BCUT2D eigenvalue weighted by Gasteiger charge is -2.15. The molecule has 0 radical (unpaired) electrons. The zero-order valence-electron chi connectivity index (χ0n) is 13.9. The summed E-state index contributed by atoms with van der Waals surface area (Å²) in [5, 5.41) is 16.2. The standard InChI is InChI=1S/C18H20N4O4/c19-14(15(20)18(24)25)16(23)12-3-1-2-10(8-12)9-26-13-6-4-11(5-7-13)17(21)22/h1-8,14-15H,9,19-20H2,(H3,21,22)(H,24,25). The van der Waals surface area contributed by atoms with Crippen LogP contribution in [0.1, 0.15) is 21.5 Å². The highest BCUT2D eigenvalue weighted by atomic mass is 16.5. The minimum atomic E-state index is -1.47. The number of aliphatic carboxylic acids is 1. The summed E-state index contributed by atoms with van der Waals surface area (Å²) < 4.78 is 5.64. The molecule has 2 unspecified atom stereocenters. The van der Waals surface area contributed by atoms with Crippen molar-refractivity contribution in [3.8, 4) is 5.75 Å². The van der Waals surface area contributed by atoms with Crippen molar-refractivity contribution in [2.45, 2.75) is 18.7 Å². The summed E-state index contributed by atoms with van der Waals surface area (Å²) in [6, 6.07) is 10.5. The molecule has 2 atom stereocenters. The Bertz CT molecular complexity index is 820. The Balaban J connectivity index is 2.05. The van der Waals surface area contributed by atoms with Crippen molar-refractivity contribution in [1.82, 2.24) is 0 Å². The predicted molar refractivity (Wildman–Crippen MR) is 96.1 cm³/mol. The Morgan fingerprint density at radius 1 is 1.04 bits per heavy atom. The fraction of sp³-hybridized carbons (Fsp3) is 0.167. The van der Waals surface area contributed by atoms with Gasteiger partial charge in [-0.25, -0.2) is 0 Å². The Hall–Kier alpha value is -3.23. The molecule has 2 aromatic rings. The smallest absolute Gasteiger partial charge is 0.322 e. The van der Waals surface area contributed by atoms with Crippen molar-refractivity contribution in [3.05, 3.63) is 65.2 Å². The van der Waals surface area contributed by atoms with E-state index < -0.39 is 23.8 Å². The lowest BCUT2D eigenvalue weighted by molar-refractivity contribution is -0.138. The van der Waals surface area contributed by atoms with Gasteiger partial charge < -0.3 is 27.0 Å². The molecule has 2 rings (SSSR count). The molecule has 0 aliphatic heterocycles. The van der Waals surface area contributed by atoms with Gasteiger partial charge in [0.25, 0.3) is 0 Å². The maximum Gasteiger partial charge on any atom is 0.322 e.